The molecule has 0 bridgehead atoms. The van der Waals surface area contributed by atoms with Crippen molar-refractivity contribution in [3.63, 3.8) is 0 Å². The van der Waals surface area contributed by atoms with Crippen LogP contribution < -0.4 is 5.32 Å². The maximum Gasteiger partial charge on any atom is 0.412 e. The molecule has 0 aliphatic carbocycles. The monoisotopic (exact) mass is 385 g/mol. The highest BCUT2D eigenvalue weighted by molar-refractivity contribution is 6.34. The summed E-state index contributed by atoms with van der Waals surface area (Å²) in [6.45, 7) is 7.08. The van der Waals surface area contributed by atoms with Crippen LogP contribution in [-0.2, 0) is 11.2 Å². The summed E-state index contributed by atoms with van der Waals surface area (Å²) < 4.78 is 19.6. The van der Waals surface area contributed by atoms with Gasteiger partial charge in [-0.05, 0) is 39.3 Å². The summed E-state index contributed by atoms with van der Waals surface area (Å²) in [4.78, 5) is 20.1. The Labute approximate surface area is 155 Å². The van der Waals surface area contributed by atoms with Gasteiger partial charge in [-0.25, -0.2) is 19.2 Å². The Morgan fingerprint density at radius 2 is 1.96 bits per heavy atom. The third kappa shape index (κ3) is 4.80. The van der Waals surface area contributed by atoms with Crippen molar-refractivity contribution in [1.82, 2.24) is 9.97 Å². The maximum absolute atomic E-state index is 14.4. The van der Waals surface area contributed by atoms with Crippen molar-refractivity contribution in [2.75, 3.05) is 5.32 Å². The van der Waals surface area contributed by atoms with Gasteiger partial charge in [-0.3, -0.25) is 5.32 Å². The molecule has 0 spiro atoms. The Kier molecular flexibility index (Phi) is 5.85. The molecule has 1 heterocycles. The number of anilines is 1. The summed E-state index contributed by atoms with van der Waals surface area (Å²) in [5.41, 5.74) is 0.459. The highest BCUT2D eigenvalue weighted by atomic mass is 35.5. The predicted molar refractivity (Wildman–Crippen MR) is 96.7 cm³/mol. The lowest BCUT2D eigenvalue weighted by Gasteiger charge is -2.20. The number of ether oxygens (including phenoxy) is 1. The Hall–Kier alpha value is -1.92. The van der Waals surface area contributed by atoms with E-state index in [1.807, 2.05) is 6.92 Å². The van der Waals surface area contributed by atoms with E-state index in [1.54, 1.807) is 20.8 Å². The summed E-state index contributed by atoms with van der Waals surface area (Å²) in [7, 11) is 0. The molecule has 1 amide bonds. The van der Waals surface area contributed by atoms with E-state index in [2.05, 4.69) is 15.3 Å². The molecular weight excluding hydrogens is 368 g/mol. The zero-order chi connectivity index (χ0) is 18.8. The topological polar surface area (TPSA) is 64.1 Å². The second kappa shape index (κ2) is 7.54. The van der Waals surface area contributed by atoms with Gasteiger partial charge in [0.2, 0.25) is 0 Å². The highest BCUT2D eigenvalue weighted by Crippen LogP contribution is 2.35. The van der Waals surface area contributed by atoms with Gasteiger partial charge in [0, 0.05) is 5.56 Å². The van der Waals surface area contributed by atoms with E-state index in [0.717, 1.165) is 6.07 Å². The summed E-state index contributed by atoms with van der Waals surface area (Å²) in [6, 6.07) is 2.46. The second-order valence-electron chi connectivity index (χ2n) is 6.28. The maximum atomic E-state index is 14.4. The fraction of sp³-hybridized carbons (Fsp3) is 0.353. The van der Waals surface area contributed by atoms with Crippen molar-refractivity contribution in [2.45, 2.75) is 39.7 Å². The molecule has 0 unspecified atom stereocenters. The van der Waals surface area contributed by atoms with Gasteiger partial charge in [0.1, 0.15) is 17.7 Å². The highest BCUT2D eigenvalue weighted by Gasteiger charge is 2.20. The fourth-order valence-electron chi connectivity index (χ4n) is 2.08. The van der Waals surface area contributed by atoms with E-state index in [1.165, 1.54) is 12.4 Å². The van der Waals surface area contributed by atoms with Gasteiger partial charge < -0.3 is 4.74 Å². The SMILES string of the molecule is CCc1ncnc(-c2cc(NC(=O)OC(C)(C)C)c(Cl)cc2F)c1Cl. The average molecular weight is 386 g/mol. The van der Waals surface area contributed by atoms with E-state index < -0.39 is 17.5 Å². The Morgan fingerprint density at radius 1 is 1.28 bits per heavy atom. The normalized spacial score (nSPS) is 11.3. The van der Waals surface area contributed by atoms with Crippen molar-refractivity contribution in [2.24, 2.45) is 0 Å². The molecule has 0 aliphatic heterocycles. The Bertz CT molecular complexity index is 807. The molecule has 1 aromatic heterocycles. The molecule has 0 aliphatic rings. The van der Waals surface area contributed by atoms with Crippen LogP contribution in [0.15, 0.2) is 18.5 Å². The van der Waals surface area contributed by atoms with Gasteiger partial charge in [0.25, 0.3) is 0 Å². The lowest BCUT2D eigenvalue weighted by Crippen LogP contribution is -2.27. The Balaban J connectivity index is 2.43. The third-order valence-electron chi connectivity index (χ3n) is 3.14. The van der Waals surface area contributed by atoms with Crippen LogP contribution in [0.4, 0.5) is 14.9 Å². The van der Waals surface area contributed by atoms with Gasteiger partial charge >= 0.3 is 6.09 Å². The molecule has 2 rings (SSSR count). The number of carbonyl (C=O) groups excluding carboxylic acids is 1. The van der Waals surface area contributed by atoms with Crippen LogP contribution in [0.5, 0.6) is 0 Å². The van der Waals surface area contributed by atoms with Crippen molar-refractivity contribution >= 4 is 35.0 Å². The Morgan fingerprint density at radius 3 is 2.56 bits per heavy atom. The molecule has 0 saturated carbocycles. The van der Waals surface area contributed by atoms with Gasteiger partial charge in [-0.15, -0.1) is 0 Å². The molecule has 134 valence electrons. The van der Waals surface area contributed by atoms with Crippen LogP contribution in [0.2, 0.25) is 10.0 Å². The number of rotatable bonds is 3. The van der Waals surface area contributed by atoms with Crippen molar-refractivity contribution in [3.05, 3.63) is 40.0 Å². The van der Waals surface area contributed by atoms with Crippen LogP contribution in [0.3, 0.4) is 0 Å². The minimum Gasteiger partial charge on any atom is -0.444 e. The number of halogens is 3. The van der Waals surface area contributed by atoms with E-state index in [9.17, 15) is 9.18 Å². The standard InChI is InChI=1S/C17H18Cl2FN3O2/c1-5-12-14(19)15(22-8-21-12)9-6-13(10(18)7-11(9)20)23-16(24)25-17(2,3)4/h6-8H,5H2,1-4H3,(H,23,24). The molecule has 1 aromatic carbocycles. The predicted octanol–water partition coefficient (Wildman–Crippen LogP) is 5.50. The lowest BCUT2D eigenvalue weighted by atomic mass is 10.1. The van der Waals surface area contributed by atoms with Crippen molar-refractivity contribution < 1.29 is 13.9 Å². The molecule has 25 heavy (non-hydrogen) atoms. The third-order valence-corrected chi connectivity index (χ3v) is 3.85. The minimum atomic E-state index is -0.699. The number of aromatic nitrogens is 2. The number of nitrogens with one attached hydrogen (secondary N) is 1. The van der Waals surface area contributed by atoms with Gasteiger partial charge in [-0.2, -0.15) is 0 Å². The van der Waals surface area contributed by atoms with Crippen LogP contribution in [0, 0.1) is 5.82 Å². The quantitative estimate of drug-likeness (QED) is 0.757. The molecule has 1 N–H and O–H groups in total. The lowest BCUT2D eigenvalue weighted by molar-refractivity contribution is 0.0636. The van der Waals surface area contributed by atoms with E-state index in [4.69, 9.17) is 27.9 Å². The molecule has 5 nitrogen and oxygen atoms in total. The summed E-state index contributed by atoms with van der Waals surface area (Å²) in [5, 5.41) is 2.80. The zero-order valence-corrected chi connectivity index (χ0v) is 15.8. The van der Waals surface area contributed by atoms with Crippen LogP contribution in [0.1, 0.15) is 33.4 Å². The number of carbonyl (C=O) groups is 1. The largest absolute Gasteiger partial charge is 0.444 e. The first-order chi connectivity index (χ1) is 11.6. The number of amides is 1. The van der Waals surface area contributed by atoms with E-state index >= 15 is 0 Å². The number of nitrogens with zero attached hydrogens (tertiary/aromatic N) is 2. The smallest absolute Gasteiger partial charge is 0.412 e. The van der Waals surface area contributed by atoms with E-state index in [-0.39, 0.29) is 27.0 Å². The average Bonchev–Trinajstić information content (AvgIpc) is 2.49. The first kappa shape index (κ1) is 19.4. The molecule has 2 aromatic rings. The van der Waals surface area contributed by atoms with Crippen molar-refractivity contribution in [3.8, 4) is 11.3 Å². The van der Waals surface area contributed by atoms with Crippen LogP contribution in [0.25, 0.3) is 11.3 Å². The van der Waals surface area contributed by atoms with Crippen LogP contribution >= 0.6 is 23.2 Å². The molecule has 0 radical (unpaired) electrons. The molecule has 0 fully saturated rings. The van der Waals surface area contributed by atoms with Gasteiger partial charge in [0.15, 0.2) is 0 Å². The van der Waals surface area contributed by atoms with Gasteiger partial charge in [-0.1, -0.05) is 30.1 Å². The number of benzene rings is 1. The fourth-order valence-corrected chi connectivity index (χ4v) is 2.61. The van der Waals surface area contributed by atoms with Gasteiger partial charge in [0.05, 0.1) is 27.1 Å². The van der Waals surface area contributed by atoms with Crippen molar-refractivity contribution in [1.29, 1.82) is 0 Å². The first-order valence-electron chi connectivity index (χ1n) is 7.61. The molecule has 0 saturated heterocycles. The number of hydrogen-bond donors (Lipinski definition) is 1. The van der Waals surface area contributed by atoms with Crippen LogP contribution in [-0.4, -0.2) is 21.7 Å². The number of hydrogen-bond acceptors (Lipinski definition) is 4. The molecule has 0 atom stereocenters. The van der Waals surface area contributed by atoms with E-state index in [0.29, 0.717) is 12.1 Å². The summed E-state index contributed by atoms with van der Waals surface area (Å²) in [6.07, 6.45) is 1.19. The first-order valence-corrected chi connectivity index (χ1v) is 8.36. The molecule has 8 heteroatoms. The summed E-state index contributed by atoms with van der Waals surface area (Å²) in [5.74, 6) is -0.609. The summed E-state index contributed by atoms with van der Waals surface area (Å²) >= 11 is 12.3. The zero-order valence-electron chi connectivity index (χ0n) is 14.3. The number of aryl methyl sites for hydroxylation is 1. The minimum absolute atomic E-state index is 0.0352. The second-order valence-corrected chi connectivity index (χ2v) is 7.06. The molecular formula is C17H18Cl2FN3O2.